The van der Waals surface area contributed by atoms with E-state index in [9.17, 15) is 0 Å². The smallest absolute Gasteiger partial charge is 0.120 e. The minimum atomic E-state index is -0.0669. The molecule has 1 unspecified atom stereocenters. The number of hydrogen-bond acceptors (Lipinski definition) is 3. The molecule has 0 spiro atoms. The monoisotopic (exact) mass is 346 g/mol. The van der Waals surface area contributed by atoms with Crippen molar-refractivity contribution in [2.75, 3.05) is 0 Å². The van der Waals surface area contributed by atoms with E-state index in [1.165, 1.54) is 5.56 Å². The van der Waals surface area contributed by atoms with Gasteiger partial charge >= 0.3 is 0 Å². The molecule has 1 atom stereocenters. The van der Waals surface area contributed by atoms with Crippen LogP contribution in [0.3, 0.4) is 0 Å². The van der Waals surface area contributed by atoms with Gasteiger partial charge in [0.25, 0.3) is 0 Å². The Balaban J connectivity index is 1.91. The lowest BCUT2D eigenvalue weighted by molar-refractivity contribution is 0.302. The van der Waals surface area contributed by atoms with Gasteiger partial charge in [-0.3, -0.25) is 5.84 Å². The Bertz CT molecular complexity index is 640. The maximum atomic E-state index is 5.87. The average molecular weight is 347 g/mol. The summed E-state index contributed by atoms with van der Waals surface area (Å²) in [5.74, 6) is 6.71. The van der Waals surface area contributed by atoms with Crippen molar-refractivity contribution in [1.29, 1.82) is 0 Å². The first-order chi connectivity index (χ1) is 10.2. The Labute approximate surface area is 133 Å². The second kappa shape index (κ2) is 6.18. The number of benzene rings is 2. The van der Waals surface area contributed by atoms with Gasteiger partial charge in [0.1, 0.15) is 5.75 Å². The van der Waals surface area contributed by atoms with Crippen molar-refractivity contribution in [3.63, 3.8) is 0 Å². The van der Waals surface area contributed by atoms with E-state index in [1.807, 2.05) is 12.1 Å². The van der Waals surface area contributed by atoms with Gasteiger partial charge in [-0.25, -0.2) is 5.43 Å². The van der Waals surface area contributed by atoms with Crippen LogP contribution < -0.4 is 16.0 Å². The molecule has 2 aromatic rings. The minimum absolute atomic E-state index is 0.0669. The van der Waals surface area contributed by atoms with E-state index in [0.717, 1.165) is 34.2 Å². The van der Waals surface area contributed by atoms with Crippen molar-refractivity contribution in [2.45, 2.75) is 31.9 Å². The Morgan fingerprint density at radius 1 is 1.24 bits per heavy atom. The summed E-state index contributed by atoms with van der Waals surface area (Å²) in [6.07, 6.45) is 2.72. The van der Waals surface area contributed by atoms with Crippen LogP contribution in [-0.4, -0.2) is 6.10 Å². The van der Waals surface area contributed by atoms with Gasteiger partial charge in [0.05, 0.1) is 12.1 Å². The van der Waals surface area contributed by atoms with Crippen LogP contribution in [0, 0.1) is 6.92 Å². The Hall–Kier alpha value is -1.36. The van der Waals surface area contributed by atoms with E-state index < -0.39 is 0 Å². The van der Waals surface area contributed by atoms with Gasteiger partial charge in [0, 0.05) is 4.47 Å². The molecule has 1 aliphatic carbocycles. The van der Waals surface area contributed by atoms with Crippen molar-refractivity contribution < 1.29 is 4.74 Å². The molecular weight excluding hydrogens is 328 g/mol. The molecule has 1 saturated carbocycles. The lowest BCUT2D eigenvalue weighted by atomic mass is 9.98. The molecule has 0 bridgehead atoms. The molecule has 0 amide bonds. The van der Waals surface area contributed by atoms with Crippen LogP contribution in [-0.2, 0) is 0 Å². The number of hydrogen-bond donors (Lipinski definition) is 2. The van der Waals surface area contributed by atoms with Gasteiger partial charge in [0.2, 0.25) is 0 Å². The third-order valence-corrected chi connectivity index (χ3v) is 4.34. The van der Waals surface area contributed by atoms with E-state index in [0.29, 0.717) is 6.10 Å². The Kier molecular flexibility index (Phi) is 4.29. The topological polar surface area (TPSA) is 47.3 Å². The fourth-order valence-electron chi connectivity index (χ4n) is 2.38. The van der Waals surface area contributed by atoms with Crippen LogP contribution in [0.15, 0.2) is 46.9 Å². The van der Waals surface area contributed by atoms with Crippen LogP contribution in [0.2, 0.25) is 0 Å². The Morgan fingerprint density at radius 3 is 2.71 bits per heavy atom. The third kappa shape index (κ3) is 3.46. The highest BCUT2D eigenvalue weighted by Gasteiger charge is 2.24. The van der Waals surface area contributed by atoms with Gasteiger partial charge in [-0.2, -0.15) is 0 Å². The summed E-state index contributed by atoms with van der Waals surface area (Å²) in [5.41, 5.74) is 6.34. The zero-order chi connectivity index (χ0) is 14.8. The maximum absolute atomic E-state index is 5.87. The second-order valence-electron chi connectivity index (χ2n) is 5.51. The molecule has 0 aliphatic heterocycles. The van der Waals surface area contributed by atoms with Gasteiger partial charge in [-0.05, 0) is 54.7 Å². The van der Waals surface area contributed by atoms with Crippen molar-refractivity contribution in [3.8, 4) is 5.75 Å². The van der Waals surface area contributed by atoms with Gasteiger partial charge < -0.3 is 4.74 Å². The van der Waals surface area contributed by atoms with E-state index in [4.69, 9.17) is 10.6 Å². The predicted molar refractivity (Wildman–Crippen MR) is 88.1 cm³/mol. The van der Waals surface area contributed by atoms with Crippen molar-refractivity contribution in [1.82, 2.24) is 5.43 Å². The first-order valence-electron chi connectivity index (χ1n) is 7.16. The molecule has 3 N–H and O–H groups in total. The number of rotatable bonds is 5. The molecule has 3 nitrogen and oxygen atoms in total. The predicted octanol–water partition coefficient (Wildman–Crippen LogP) is 3.85. The second-order valence-corrected chi connectivity index (χ2v) is 6.37. The van der Waals surface area contributed by atoms with Crippen LogP contribution in [0.1, 0.15) is 35.6 Å². The fraction of sp³-hybridized carbons (Fsp3) is 0.294. The molecule has 0 radical (unpaired) electrons. The van der Waals surface area contributed by atoms with E-state index in [1.54, 1.807) is 0 Å². The molecule has 110 valence electrons. The van der Waals surface area contributed by atoms with Crippen molar-refractivity contribution in [2.24, 2.45) is 5.84 Å². The summed E-state index contributed by atoms with van der Waals surface area (Å²) >= 11 is 3.63. The summed E-state index contributed by atoms with van der Waals surface area (Å²) in [6, 6.07) is 14.4. The van der Waals surface area contributed by atoms with Gasteiger partial charge in [-0.1, -0.05) is 40.2 Å². The lowest BCUT2D eigenvalue weighted by Gasteiger charge is -2.19. The quantitative estimate of drug-likeness (QED) is 0.638. The fourth-order valence-corrected chi connectivity index (χ4v) is 3.10. The highest BCUT2D eigenvalue weighted by molar-refractivity contribution is 9.10. The van der Waals surface area contributed by atoms with Crippen LogP contribution in [0.5, 0.6) is 5.75 Å². The van der Waals surface area contributed by atoms with E-state index >= 15 is 0 Å². The summed E-state index contributed by atoms with van der Waals surface area (Å²) in [5, 5.41) is 0. The summed E-state index contributed by atoms with van der Waals surface area (Å²) < 4.78 is 6.92. The van der Waals surface area contributed by atoms with Crippen LogP contribution >= 0.6 is 15.9 Å². The van der Waals surface area contributed by atoms with Gasteiger partial charge in [0.15, 0.2) is 0 Å². The van der Waals surface area contributed by atoms with Gasteiger partial charge in [-0.15, -0.1) is 0 Å². The molecule has 0 heterocycles. The zero-order valence-electron chi connectivity index (χ0n) is 12.0. The van der Waals surface area contributed by atoms with Crippen molar-refractivity contribution >= 4 is 15.9 Å². The molecule has 21 heavy (non-hydrogen) atoms. The maximum Gasteiger partial charge on any atom is 0.120 e. The number of ether oxygens (including phenoxy) is 1. The molecule has 3 rings (SSSR count). The number of aryl methyl sites for hydroxylation is 1. The first kappa shape index (κ1) is 14.6. The molecule has 0 saturated heterocycles. The average Bonchev–Trinajstić information content (AvgIpc) is 3.26. The number of nitrogens with two attached hydrogens (primary N) is 1. The number of hydrazine groups is 1. The normalized spacial score (nSPS) is 15.8. The summed E-state index contributed by atoms with van der Waals surface area (Å²) in [7, 11) is 0. The molecular formula is C17H19BrN2O. The van der Waals surface area contributed by atoms with Crippen LogP contribution in [0.4, 0.5) is 0 Å². The lowest BCUT2D eigenvalue weighted by Crippen LogP contribution is -2.29. The minimum Gasteiger partial charge on any atom is -0.490 e. The Morgan fingerprint density at radius 2 is 2.05 bits per heavy atom. The molecule has 1 aliphatic rings. The largest absolute Gasteiger partial charge is 0.490 e. The zero-order valence-corrected chi connectivity index (χ0v) is 13.6. The van der Waals surface area contributed by atoms with Crippen LogP contribution in [0.25, 0.3) is 0 Å². The number of nitrogens with one attached hydrogen (secondary N) is 1. The first-order valence-corrected chi connectivity index (χ1v) is 7.95. The molecule has 0 aromatic heterocycles. The highest BCUT2D eigenvalue weighted by Crippen LogP contribution is 2.32. The molecule has 1 fully saturated rings. The van der Waals surface area contributed by atoms with E-state index in [-0.39, 0.29) is 6.04 Å². The third-order valence-electron chi connectivity index (χ3n) is 3.65. The van der Waals surface area contributed by atoms with E-state index in [2.05, 4.69) is 58.6 Å². The SMILES string of the molecule is Cc1ccc(C(NN)c2cccc(OC3CC3)c2)c(Br)c1. The highest BCUT2D eigenvalue weighted by atomic mass is 79.9. The summed E-state index contributed by atoms with van der Waals surface area (Å²) in [6.45, 7) is 2.07. The molecule has 4 heteroatoms. The summed E-state index contributed by atoms with van der Waals surface area (Å²) in [4.78, 5) is 0. The standard InChI is InChI=1S/C17H19BrN2O/c1-11-5-8-15(16(18)9-11)17(20-19)12-3-2-4-14(10-12)21-13-6-7-13/h2-5,8-10,13,17,20H,6-7,19H2,1H3. The number of halogens is 1. The van der Waals surface area contributed by atoms with Crippen molar-refractivity contribution in [3.05, 3.63) is 63.6 Å². The molecule has 2 aromatic carbocycles.